The molecular formula is C39H63N7. The third kappa shape index (κ3) is 10.4. The number of terminal acetylenes is 1. The Morgan fingerprint density at radius 3 is 2.17 bits per heavy atom. The summed E-state index contributed by atoms with van der Waals surface area (Å²) in [6.45, 7) is 22.3. The second kappa shape index (κ2) is 20.2. The van der Waals surface area contributed by atoms with Crippen LogP contribution in [0, 0.1) is 19.4 Å². The standard InChI is InChI=1S/C30H41N5.C5H11N.C3H6.CH5N/c1-7-26-20-25(13-12-23(26)3)14-15-30(31-5,32-6)35-21-27-10-9-11-28(29(27)22-35)24(4)34-18-16-33(8-2)17-19-34;1-6-4-2-3-5-6;1-3-2;1-2/h2,9-13,20,31-32H,4,7,14-19,21-22H2,1,3,5-6H3;2-5H2,1H3;3H,1H2,2H3;2H2,1H3. The van der Waals surface area contributed by atoms with Gasteiger partial charge in [-0.1, -0.05) is 62.4 Å². The molecular weight excluding hydrogens is 566 g/mol. The number of nitrogens with two attached hydrogens (primary N) is 1. The molecule has 5 rings (SSSR count). The first-order valence-corrected chi connectivity index (χ1v) is 17.1. The van der Waals surface area contributed by atoms with Crippen LogP contribution in [-0.2, 0) is 25.9 Å². The van der Waals surface area contributed by atoms with Gasteiger partial charge in [-0.2, -0.15) is 0 Å². The minimum absolute atomic E-state index is 0.284. The van der Waals surface area contributed by atoms with Gasteiger partial charge in [0.05, 0.1) is 0 Å². The van der Waals surface area contributed by atoms with Gasteiger partial charge < -0.3 is 20.4 Å². The smallest absolute Gasteiger partial charge is 0.126 e. The Morgan fingerprint density at radius 1 is 1.02 bits per heavy atom. The van der Waals surface area contributed by atoms with E-state index in [4.69, 9.17) is 6.42 Å². The molecule has 0 bridgehead atoms. The number of aryl methyl sites for hydroxylation is 3. The van der Waals surface area contributed by atoms with Crippen LogP contribution in [0.2, 0.25) is 0 Å². The van der Waals surface area contributed by atoms with Crippen molar-refractivity contribution in [1.29, 1.82) is 0 Å². The number of fused-ring (bicyclic) bond motifs is 1. The van der Waals surface area contributed by atoms with Crippen LogP contribution < -0.4 is 16.4 Å². The van der Waals surface area contributed by atoms with Crippen molar-refractivity contribution in [2.75, 3.05) is 67.5 Å². The van der Waals surface area contributed by atoms with Gasteiger partial charge in [0.2, 0.25) is 0 Å². The molecule has 4 N–H and O–H groups in total. The lowest BCUT2D eigenvalue weighted by molar-refractivity contribution is 0.0235. The molecule has 2 aromatic rings. The van der Waals surface area contributed by atoms with E-state index in [9.17, 15) is 0 Å². The molecule has 3 aliphatic heterocycles. The highest BCUT2D eigenvalue weighted by molar-refractivity contribution is 5.67. The molecule has 2 saturated heterocycles. The number of nitrogens with zero attached hydrogens (tertiary/aromatic N) is 4. The normalized spacial score (nSPS) is 16.2. The number of rotatable bonds is 9. The van der Waals surface area contributed by atoms with Crippen LogP contribution in [0.1, 0.15) is 66.5 Å². The zero-order valence-electron chi connectivity index (χ0n) is 30.1. The van der Waals surface area contributed by atoms with Crippen LogP contribution in [0.4, 0.5) is 0 Å². The van der Waals surface area contributed by atoms with Gasteiger partial charge >= 0.3 is 0 Å². The van der Waals surface area contributed by atoms with Crippen molar-refractivity contribution < 1.29 is 0 Å². The van der Waals surface area contributed by atoms with Gasteiger partial charge in [-0.05, 0) is 115 Å². The quantitative estimate of drug-likeness (QED) is 0.199. The predicted octanol–water partition coefficient (Wildman–Crippen LogP) is 5.26. The van der Waals surface area contributed by atoms with Gasteiger partial charge in [0.1, 0.15) is 5.79 Å². The number of piperazine rings is 1. The maximum Gasteiger partial charge on any atom is 0.126 e. The van der Waals surface area contributed by atoms with Crippen LogP contribution >= 0.6 is 0 Å². The Labute approximate surface area is 281 Å². The summed E-state index contributed by atoms with van der Waals surface area (Å²) in [7, 11) is 7.81. The van der Waals surface area contributed by atoms with Gasteiger partial charge in [0, 0.05) is 56.6 Å². The molecule has 254 valence electrons. The summed E-state index contributed by atoms with van der Waals surface area (Å²) in [6, 6.07) is 16.4. The van der Waals surface area contributed by atoms with Crippen LogP contribution in [0.25, 0.3) is 5.70 Å². The Kier molecular flexibility index (Phi) is 17.1. The van der Waals surface area contributed by atoms with E-state index < -0.39 is 0 Å². The number of likely N-dealkylation sites (tertiary alicyclic amines) is 1. The van der Waals surface area contributed by atoms with Crippen LogP contribution in [-0.4, -0.2) is 92.8 Å². The Morgan fingerprint density at radius 2 is 1.65 bits per heavy atom. The lowest BCUT2D eigenvalue weighted by Crippen LogP contribution is -2.64. The third-order valence-electron chi connectivity index (χ3n) is 9.40. The number of benzene rings is 2. The van der Waals surface area contributed by atoms with E-state index in [1.807, 2.05) is 11.8 Å². The number of hydrogen-bond acceptors (Lipinski definition) is 7. The number of hydrogen-bond donors (Lipinski definition) is 3. The average molecular weight is 630 g/mol. The molecule has 46 heavy (non-hydrogen) atoms. The van der Waals surface area contributed by atoms with E-state index >= 15 is 0 Å². The molecule has 2 fully saturated rings. The summed E-state index contributed by atoms with van der Waals surface area (Å²) in [5.74, 6) is -0.284. The summed E-state index contributed by atoms with van der Waals surface area (Å²) < 4.78 is 0. The van der Waals surface area contributed by atoms with E-state index in [0.717, 1.165) is 64.2 Å². The molecule has 0 radical (unpaired) electrons. The SMILES string of the molecule is C#CN1CCN(C(=C)c2cccc3c2CN(C(CCc2ccc(C)c(CC)c2)(NC)NC)C3)CC1.C=CC.CN.CN1CCCC1. The minimum Gasteiger partial charge on any atom is -0.368 e. The summed E-state index contributed by atoms with van der Waals surface area (Å²) in [6.07, 6.45) is 13.2. The summed E-state index contributed by atoms with van der Waals surface area (Å²) >= 11 is 0. The second-order valence-electron chi connectivity index (χ2n) is 12.2. The highest BCUT2D eigenvalue weighted by atomic mass is 15.4. The fourth-order valence-corrected chi connectivity index (χ4v) is 6.55. The first-order valence-electron chi connectivity index (χ1n) is 17.1. The van der Waals surface area contributed by atoms with Crippen molar-refractivity contribution in [2.45, 2.75) is 71.8 Å². The highest BCUT2D eigenvalue weighted by Crippen LogP contribution is 2.35. The first kappa shape index (κ1) is 39.1. The van der Waals surface area contributed by atoms with Crippen molar-refractivity contribution in [3.63, 3.8) is 0 Å². The number of nitrogens with one attached hydrogen (secondary N) is 2. The van der Waals surface area contributed by atoms with Gasteiger partial charge in [0.25, 0.3) is 0 Å². The molecule has 0 saturated carbocycles. The summed E-state index contributed by atoms with van der Waals surface area (Å²) in [5.41, 5.74) is 13.9. The molecule has 7 heteroatoms. The molecule has 0 aromatic heterocycles. The van der Waals surface area contributed by atoms with E-state index in [1.165, 1.54) is 66.4 Å². The van der Waals surface area contributed by atoms with Crippen molar-refractivity contribution in [1.82, 2.24) is 30.2 Å². The van der Waals surface area contributed by atoms with Gasteiger partial charge in [-0.3, -0.25) is 15.5 Å². The van der Waals surface area contributed by atoms with E-state index in [2.05, 4.69) is 122 Å². The lowest BCUT2D eigenvalue weighted by atomic mass is 9.98. The largest absolute Gasteiger partial charge is 0.368 e. The third-order valence-corrected chi connectivity index (χ3v) is 9.40. The molecule has 3 heterocycles. The molecule has 2 aromatic carbocycles. The van der Waals surface area contributed by atoms with E-state index in [0.29, 0.717) is 0 Å². The molecule has 3 aliphatic rings. The first-order chi connectivity index (χ1) is 22.2. The molecule has 0 atom stereocenters. The van der Waals surface area contributed by atoms with Crippen molar-refractivity contribution in [3.8, 4) is 12.5 Å². The maximum atomic E-state index is 5.59. The van der Waals surface area contributed by atoms with Crippen molar-refractivity contribution in [3.05, 3.63) is 89.0 Å². The summed E-state index contributed by atoms with van der Waals surface area (Å²) in [4.78, 5) is 9.34. The number of allylic oxidation sites excluding steroid dienone is 1. The maximum absolute atomic E-state index is 5.59. The predicted molar refractivity (Wildman–Crippen MR) is 199 cm³/mol. The van der Waals surface area contributed by atoms with Crippen molar-refractivity contribution >= 4 is 5.70 Å². The van der Waals surface area contributed by atoms with Crippen LogP contribution in [0.3, 0.4) is 0 Å². The zero-order chi connectivity index (χ0) is 34.1. The minimum atomic E-state index is -0.284. The molecule has 0 spiro atoms. The van der Waals surface area contributed by atoms with Gasteiger partial charge in [0.15, 0.2) is 0 Å². The Bertz CT molecular complexity index is 1250. The van der Waals surface area contributed by atoms with Crippen LogP contribution in [0.5, 0.6) is 0 Å². The Balaban J connectivity index is 0.000000576. The van der Waals surface area contributed by atoms with Gasteiger partial charge in [-0.25, -0.2) is 0 Å². The van der Waals surface area contributed by atoms with Crippen molar-refractivity contribution in [2.24, 2.45) is 5.73 Å². The van der Waals surface area contributed by atoms with Gasteiger partial charge in [-0.15, -0.1) is 6.58 Å². The zero-order valence-corrected chi connectivity index (χ0v) is 30.1. The summed E-state index contributed by atoms with van der Waals surface area (Å²) in [5, 5.41) is 7.27. The van der Waals surface area contributed by atoms with E-state index in [-0.39, 0.29) is 5.79 Å². The fraction of sp³-hybridized carbons (Fsp3) is 0.538. The van der Waals surface area contributed by atoms with Crippen LogP contribution in [0.15, 0.2) is 55.6 Å². The monoisotopic (exact) mass is 630 g/mol. The Hall–Kier alpha value is -3.12. The topological polar surface area (TPSA) is 63.0 Å². The molecule has 7 nitrogen and oxygen atoms in total. The molecule has 0 aliphatic carbocycles. The second-order valence-corrected chi connectivity index (χ2v) is 12.2. The average Bonchev–Trinajstić information content (AvgIpc) is 3.77. The fourth-order valence-electron chi connectivity index (χ4n) is 6.55. The highest BCUT2D eigenvalue weighted by Gasteiger charge is 2.38. The lowest BCUT2D eigenvalue weighted by Gasteiger charge is -2.42. The molecule has 0 amide bonds. The molecule has 0 unspecified atom stereocenters. The van der Waals surface area contributed by atoms with E-state index in [1.54, 1.807) is 6.08 Å².